The molecule has 3 nitrogen and oxygen atoms in total. The molecule has 0 aliphatic carbocycles. The van der Waals surface area contributed by atoms with Crippen LogP contribution in [0.25, 0.3) is 0 Å². The van der Waals surface area contributed by atoms with Crippen molar-refractivity contribution in [1.82, 2.24) is 10.6 Å². The van der Waals surface area contributed by atoms with Gasteiger partial charge in [-0.1, -0.05) is 13.0 Å². The lowest BCUT2D eigenvalue weighted by Gasteiger charge is -2.13. The van der Waals surface area contributed by atoms with E-state index in [0.717, 1.165) is 19.5 Å². The van der Waals surface area contributed by atoms with E-state index in [9.17, 15) is 4.79 Å². The van der Waals surface area contributed by atoms with Crippen LogP contribution in [0.1, 0.15) is 13.3 Å². The van der Waals surface area contributed by atoms with Gasteiger partial charge in [-0.25, -0.2) is 0 Å². The van der Waals surface area contributed by atoms with Crippen LogP contribution >= 0.6 is 0 Å². The summed E-state index contributed by atoms with van der Waals surface area (Å²) in [5, 5.41) is 6.12. The zero-order chi connectivity index (χ0) is 9.68. The van der Waals surface area contributed by atoms with Crippen molar-refractivity contribution < 1.29 is 4.79 Å². The Morgan fingerprint density at radius 1 is 1.69 bits per heavy atom. The van der Waals surface area contributed by atoms with E-state index in [1.807, 2.05) is 6.08 Å². The maximum absolute atomic E-state index is 11.5. The second-order valence-corrected chi connectivity index (χ2v) is 3.61. The number of carbonyl (C=O) groups is 1. The highest BCUT2D eigenvalue weighted by molar-refractivity contribution is 5.79. The first-order valence-corrected chi connectivity index (χ1v) is 4.85. The molecule has 0 spiro atoms. The van der Waals surface area contributed by atoms with Gasteiger partial charge < -0.3 is 10.6 Å². The average Bonchev–Trinajstić information content (AvgIpc) is 2.52. The molecular formula is C10H18N2O. The van der Waals surface area contributed by atoms with E-state index in [2.05, 4.69) is 24.1 Å². The molecule has 1 heterocycles. The Morgan fingerprint density at radius 3 is 3.00 bits per heavy atom. The van der Waals surface area contributed by atoms with E-state index in [1.54, 1.807) is 0 Å². The van der Waals surface area contributed by atoms with E-state index in [-0.39, 0.29) is 11.8 Å². The molecule has 2 N–H and O–H groups in total. The SMILES string of the molecule is C=CCCNC(=O)[C@@H]1CNC[C@H]1C. The highest BCUT2D eigenvalue weighted by Gasteiger charge is 2.28. The standard InChI is InChI=1S/C10H18N2O/c1-3-4-5-12-10(13)9-7-11-6-8(9)2/h3,8-9,11H,1,4-7H2,2H3,(H,12,13)/t8-,9-/m1/s1. The molecule has 1 aliphatic rings. The number of nitrogens with one attached hydrogen (secondary N) is 2. The second kappa shape index (κ2) is 5.02. The smallest absolute Gasteiger partial charge is 0.224 e. The number of amides is 1. The van der Waals surface area contributed by atoms with Crippen molar-refractivity contribution in [2.75, 3.05) is 19.6 Å². The summed E-state index contributed by atoms with van der Waals surface area (Å²) in [5.74, 6) is 0.799. The zero-order valence-corrected chi connectivity index (χ0v) is 8.18. The van der Waals surface area contributed by atoms with E-state index >= 15 is 0 Å². The highest BCUT2D eigenvalue weighted by Crippen LogP contribution is 2.15. The molecule has 1 fully saturated rings. The molecule has 1 amide bonds. The Bertz CT molecular complexity index is 191. The largest absolute Gasteiger partial charge is 0.356 e. The first kappa shape index (κ1) is 10.3. The summed E-state index contributed by atoms with van der Waals surface area (Å²) in [7, 11) is 0. The van der Waals surface area contributed by atoms with Gasteiger partial charge >= 0.3 is 0 Å². The Labute approximate surface area is 79.6 Å². The van der Waals surface area contributed by atoms with Gasteiger partial charge in [0, 0.05) is 13.1 Å². The first-order chi connectivity index (χ1) is 6.25. The Kier molecular flexibility index (Phi) is 3.96. The molecule has 0 bridgehead atoms. The molecule has 13 heavy (non-hydrogen) atoms. The van der Waals surface area contributed by atoms with Gasteiger partial charge in [0.2, 0.25) is 5.91 Å². The van der Waals surface area contributed by atoms with Crippen molar-refractivity contribution in [2.24, 2.45) is 11.8 Å². The van der Waals surface area contributed by atoms with Crippen LogP contribution in [0.2, 0.25) is 0 Å². The van der Waals surface area contributed by atoms with Crippen LogP contribution in [0.15, 0.2) is 12.7 Å². The Morgan fingerprint density at radius 2 is 2.46 bits per heavy atom. The zero-order valence-electron chi connectivity index (χ0n) is 8.18. The van der Waals surface area contributed by atoms with Crippen LogP contribution in [0.5, 0.6) is 0 Å². The second-order valence-electron chi connectivity index (χ2n) is 3.61. The topological polar surface area (TPSA) is 41.1 Å². The lowest BCUT2D eigenvalue weighted by atomic mass is 9.97. The minimum atomic E-state index is 0.157. The molecule has 2 atom stereocenters. The van der Waals surface area contributed by atoms with Crippen LogP contribution in [-0.2, 0) is 4.79 Å². The lowest BCUT2D eigenvalue weighted by molar-refractivity contribution is -0.125. The fourth-order valence-electron chi connectivity index (χ4n) is 1.59. The summed E-state index contributed by atoms with van der Waals surface area (Å²) < 4.78 is 0. The third-order valence-corrected chi connectivity index (χ3v) is 2.50. The summed E-state index contributed by atoms with van der Waals surface area (Å²) in [6.45, 7) is 8.21. The third kappa shape index (κ3) is 2.84. The van der Waals surface area contributed by atoms with Crippen LogP contribution in [-0.4, -0.2) is 25.5 Å². The van der Waals surface area contributed by atoms with E-state index in [0.29, 0.717) is 12.5 Å². The summed E-state index contributed by atoms with van der Waals surface area (Å²) in [4.78, 5) is 11.5. The van der Waals surface area contributed by atoms with Gasteiger partial charge in [0.05, 0.1) is 5.92 Å². The predicted molar refractivity (Wildman–Crippen MR) is 53.3 cm³/mol. The molecule has 0 unspecified atom stereocenters. The summed E-state index contributed by atoms with van der Waals surface area (Å²) in [6, 6.07) is 0. The van der Waals surface area contributed by atoms with Gasteiger partial charge in [-0.15, -0.1) is 6.58 Å². The van der Waals surface area contributed by atoms with Crippen molar-refractivity contribution in [3.8, 4) is 0 Å². The Hall–Kier alpha value is -0.830. The number of hydrogen-bond donors (Lipinski definition) is 2. The monoisotopic (exact) mass is 182 g/mol. The summed E-state index contributed by atoms with van der Waals surface area (Å²) in [5.41, 5.74) is 0. The summed E-state index contributed by atoms with van der Waals surface area (Å²) in [6.07, 6.45) is 2.66. The quantitative estimate of drug-likeness (QED) is 0.492. The molecule has 0 saturated carbocycles. The average molecular weight is 182 g/mol. The van der Waals surface area contributed by atoms with Crippen LogP contribution < -0.4 is 10.6 Å². The molecule has 0 aromatic rings. The third-order valence-electron chi connectivity index (χ3n) is 2.50. The van der Waals surface area contributed by atoms with Gasteiger partial charge in [0.25, 0.3) is 0 Å². The fourth-order valence-corrected chi connectivity index (χ4v) is 1.59. The van der Waals surface area contributed by atoms with Crippen LogP contribution in [0.3, 0.4) is 0 Å². The Balaban J connectivity index is 2.26. The lowest BCUT2D eigenvalue weighted by Crippen LogP contribution is -2.34. The highest BCUT2D eigenvalue weighted by atomic mass is 16.1. The van der Waals surface area contributed by atoms with Crippen molar-refractivity contribution in [2.45, 2.75) is 13.3 Å². The molecule has 3 heteroatoms. The van der Waals surface area contributed by atoms with Crippen LogP contribution in [0.4, 0.5) is 0 Å². The number of carbonyl (C=O) groups excluding carboxylic acids is 1. The molecule has 0 radical (unpaired) electrons. The summed E-state index contributed by atoms with van der Waals surface area (Å²) >= 11 is 0. The van der Waals surface area contributed by atoms with Gasteiger partial charge in [0.1, 0.15) is 0 Å². The number of rotatable bonds is 4. The van der Waals surface area contributed by atoms with E-state index in [1.165, 1.54) is 0 Å². The van der Waals surface area contributed by atoms with Gasteiger partial charge in [-0.2, -0.15) is 0 Å². The molecule has 1 aliphatic heterocycles. The van der Waals surface area contributed by atoms with Crippen molar-refractivity contribution >= 4 is 5.91 Å². The minimum absolute atomic E-state index is 0.157. The molecule has 74 valence electrons. The first-order valence-electron chi connectivity index (χ1n) is 4.85. The molecule has 0 aromatic carbocycles. The van der Waals surface area contributed by atoms with E-state index < -0.39 is 0 Å². The van der Waals surface area contributed by atoms with Crippen LogP contribution in [0, 0.1) is 11.8 Å². The van der Waals surface area contributed by atoms with Crippen molar-refractivity contribution in [3.05, 3.63) is 12.7 Å². The minimum Gasteiger partial charge on any atom is -0.356 e. The maximum Gasteiger partial charge on any atom is 0.224 e. The number of hydrogen-bond acceptors (Lipinski definition) is 2. The molecular weight excluding hydrogens is 164 g/mol. The van der Waals surface area contributed by atoms with Gasteiger partial charge in [0.15, 0.2) is 0 Å². The molecule has 1 rings (SSSR count). The molecule has 1 saturated heterocycles. The van der Waals surface area contributed by atoms with Gasteiger partial charge in [-0.05, 0) is 18.9 Å². The fraction of sp³-hybridized carbons (Fsp3) is 0.700. The maximum atomic E-state index is 11.5. The predicted octanol–water partition coefficient (Wildman–Crippen LogP) is 0.534. The van der Waals surface area contributed by atoms with Crippen molar-refractivity contribution in [1.29, 1.82) is 0 Å². The molecule has 0 aromatic heterocycles. The van der Waals surface area contributed by atoms with Gasteiger partial charge in [-0.3, -0.25) is 4.79 Å². The normalized spacial score (nSPS) is 27.2. The van der Waals surface area contributed by atoms with E-state index in [4.69, 9.17) is 0 Å². The van der Waals surface area contributed by atoms with Crippen molar-refractivity contribution in [3.63, 3.8) is 0 Å².